The predicted octanol–water partition coefficient (Wildman–Crippen LogP) is 3.77. The van der Waals surface area contributed by atoms with Crippen molar-refractivity contribution < 1.29 is 17.9 Å². The zero-order valence-electron chi connectivity index (χ0n) is 18.6. The summed E-state index contributed by atoms with van der Waals surface area (Å²) in [6.07, 6.45) is 1.21. The minimum absolute atomic E-state index is 0.102. The predicted molar refractivity (Wildman–Crippen MR) is 130 cm³/mol. The normalized spacial score (nSPS) is 17.4. The number of para-hydroxylation sites is 1. The number of rotatable bonds is 6. The van der Waals surface area contributed by atoms with E-state index in [2.05, 4.69) is 0 Å². The maximum Gasteiger partial charge on any atom is 0.254 e. The molecule has 3 aromatic rings. The molecule has 1 heterocycles. The fourth-order valence-corrected chi connectivity index (χ4v) is 5.00. The minimum Gasteiger partial charge on any atom is -0.493 e. The number of carbonyl (C=O) groups is 1. The largest absolute Gasteiger partial charge is 0.493 e. The van der Waals surface area contributed by atoms with Gasteiger partial charge in [0.25, 0.3) is 5.91 Å². The van der Waals surface area contributed by atoms with Gasteiger partial charge in [0.15, 0.2) is 0 Å². The van der Waals surface area contributed by atoms with E-state index in [1.165, 1.54) is 10.6 Å². The number of hydrogen-bond acceptors (Lipinski definition) is 4. The van der Waals surface area contributed by atoms with Crippen LogP contribution in [0.4, 0.5) is 0 Å². The molecule has 1 atom stereocenters. The summed E-state index contributed by atoms with van der Waals surface area (Å²) in [6.45, 7) is 1.65. The van der Waals surface area contributed by atoms with Crippen LogP contribution < -0.4 is 4.74 Å². The third-order valence-electron chi connectivity index (χ3n) is 5.79. The molecule has 3 aromatic carbocycles. The molecule has 7 heteroatoms. The van der Waals surface area contributed by atoms with Gasteiger partial charge >= 0.3 is 0 Å². The fourth-order valence-electron chi connectivity index (χ4n) is 4.10. The second-order valence-electron chi connectivity index (χ2n) is 8.27. The molecule has 1 aliphatic rings. The lowest BCUT2D eigenvalue weighted by molar-refractivity contribution is 0.0733. The zero-order chi connectivity index (χ0) is 23.3. The van der Waals surface area contributed by atoms with Crippen LogP contribution in [0.5, 0.6) is 5.75 Å². The molecule has 0 spiro atoms. The molecule has 1 unspecified atom stereocenters. The van der Waals surface area contributed by atoms with Gasteiger partial charge in [-0.05, 0) is 29.3 Å². The van der Waals surface area contributed by atoms with E-state index in [4.69, 9.17) is 4.74 Å². The van der Waals surface area contributed by atoms with Gasteiger partial charge in [0.05, 0.1) is 12.9 Å². The van der Waals surface area contributed by atoms with Gasteiger partial charge in [-0.15, -0.1) is 0 Å². The second-order valence-corrected chi connectivity index (χ2v) is 10.3. The van der Waals surface area contributed by atoms with E-state index in [-0.39, 0.29) is 18.4 Å². The van der Waals surface area contributed by atoms with Crippen LogP contribution in [0.3, 0.4) is 0 Å². The fraction of sp³-hybridized carbons (Fsp3) is 0.269. The number of carbonyl (C=O) groups excluding carboxylic acids is 1. The summed E-state index contributed by atoms with van der Waals surface area (Å²) in [4.78, 5) is 15.4. The Kier molecular flexibility index (Phi) is 7.11. The van der Waals surface area contributed by atoms with Crippen molar-refractivity contribution in [2.24, 2.45) is 5.92 Å². The van der Waals surface area contributed by atoms with Crippen molar-refractivity contribution in [1.82, 2.24) is 9.21 Å². The molecule has 0 radical (unpaired) electrons. The molecule has 1 saturated heterocycles. The summed E-state index contributed by atoms with van der Waals surface area (Å²) in [6, 6.07) is 26.8. The van der Waals surface area contributed by atoms with Crippen molar-refractivity contribution in [2.45, 2.75) is 0 Å². The Hall–Kier alpha value is -3.16. The number of hydrogen-bond donors (Lipinski definition) is 0. The van der Waals surface area contributed by atoms with Crippen LogP contribution in [0.1, 0.15) is 10.4 Å². The summed E-state index contributed by atoms with van der Waals surface area (Å²) in [5, 5.41) is 0. The number of sulfonamides is 1. The third-order valence-corrected chi connectivity index (χ3v) is 7.06. The summed E-state index contributed by atoms with van der Waals surface area (Å²) in [5.74, 6) is 0.463. The SMILES string of the molecule is CS(=O)(=O)N1CCN(C(=O)c2ccccc2-c2ccccc2)CC(COc2ccccc2)C1. The van der Waals surface area contributed by atoms with Crippen molar-refractivity contribution in [3.63, 3.8) is 0 Å². The lowest BCUT2D eigenvalue weighted by atomic mass is 9.98. The smallest absolute Gasteiger partial charge is 0.254 e. The van der Waals surface area contributed by atoms with E-state index in [1.807, 2.05) is 84.9 Å². The first kappa shape index (κ1) is 23.0. The molecule has 1 amide bonds. The average molecular weight is 465 g/mol. The van der Waals surface area contributed by atoms with E-state index < -0.39 is 10.0 Å². The van der Waals surface area contributed by atoms with Crippen LogP contribution in [0, 0.1) is 5.92 Å². The Labute approximate surface area is 195 Å². The van der Waals surface area contributed by atoms with Gasteiger partial charge in [-0.1, -0.05) is 66.7 Å². The van der Waals surface area contributed by atoms with Crippen molar-refractivity contribution in [1.29, 1.82) is 0 Å². The lowest BCUT2D eigenvalue weighted by Crippen LogP contribution is -2.37. The quantitative estimate of drug-likeness (QED) is 0.557. The molecule has 6 nitrogen and oxygen atoms in total. The maximum absolute atomic E-state index is 13.6. The Morgan fingerprint density at radius 3 is 2.21 bits per heavy atom. The van der Waals surface area contributed by atoms with Gasteiger partial charge in [0.1, 0.15) is 5.75 Å². The summed E-state index contributed by atoms with van der Waals surface area (Å²) >= 11 is 0. The number of benzene rings is 3. The van der Waals surface area contributed by atoms with E-state index in [0.717, 1.165) is 16.9 Å². The van der Waals surface area contributed by atoms with Gasteiger partial charge in [0.2, 0.25) is 10.0 Å². The Balaban J connectivity index is 1.58. The molecule has 0 aliphatic carbocycles. The molecule has 0 N–H and O–H groups in total. The van der Waals surface area contributed by atoms with Crippen molar-refractivity contribution in [3.05, 3.63) is 90.5 Å². The van der Waals surface area contributed by atoms with Gasteiger partial charge in [-0.25, -0.2) is 8.42 Å². The highest BCUT2D eigenvalue weighted by molar-refractivity contribution is 7.88. The van der Waals surface area contributed by atoms with E-state index in [1.54, 1.807) is 4.90 Å². The van der Waals surface area contributed by atoms with Gasteiger partial charge in [0, 0.05) is 37.7 Å². The van der Waals surface area contributed by atoms with Crippen LogP contribution in [-0.4, -0.2) is 62.6 Å². The molecule has 0 saturated carbocycles. The van der Waals surface area contributed by atoms with Gasteiger partial charge in [-0.2, -0.15) is 4.31 Å². The van der Waals surface area contributed by atoms with Crippen LogP contribution in [0.25, 0.3) is 11.1 Å². The molecule has 33 heavy (non-hydrogen) atoms. The lowest BCUT2D eigenvalue weighted by Gasteiger charge is -2.25. The highest BCUT2D eigenvalue weighted by atomic mass is 32.2. The monoisotopic (exact) mass is 464 g/mol. The van der Waals surface area contributed by atoms with Crippen LogP contribution in [0.2, 0.25) is 0 Å². The van der Waals surface area contributed by atoms with Gasteiger partial charge in [-0.3, -0.25) is 4.79 Å². The zero-order valence-corrected chi connectivity index (χ0v) is 19.4. The molecular weight excluding hydrogens is 436 g/mol. The van der Waals surface area contributed by atoms with E-state index in [0.29, 0.717) is 31.8 Å². The van der Waals surface area contributed by atoms with Crippen molar-refractivity contribution in [3.8, 4) is 16.9 Å². The minimum atomic E-state index is -3.39. The Bertz CT molecular complexity index is 1180. The molecule has 1 fully saturated rings. The highest BCUT2D eigenvalue weighted by Crippen LogP contribution is 2.26. The van der Waals surface area contributed by atoms with Crippen LogP contribution in [-0.2, 0) is 10.0 Å². The number of nitrogens with zero attached hydrogens (tertiary/aromatic N) is 2. The van der Waals surface area contributed by atoms with Crippen molar-refractivity contribution >= 4 is 15.9 Å². The summed E-state index contributed by atoms with van der Waals surface area (Å²) < 4.78 is 32.0. The molecule has 4 rings (SSSR count). The number of amides is 1. The summed E-state index contributed by atoms with van der Waals surface area (Å²) in [5.41, 5.74) is 2.45. The Morgan fingerprint density at radius 2 is 1.52 bits per heavy atom. The standard InChI is InChI=1S/C26H28N2O4S/c1-33(30,31)28-17-16-27(18-21(19-28)20-32-23-12-6-3-7-13-23)26(29)25-15-9-8-14-24(25)22-10-4-2-5-11-22/h2-15,21H,16-20H2,1H3. The topological polar surface area (TPSA) is 66.9 Å². The first-order chi connectivity index (χ1) is 15.9. The van der Waals surface area contributed by atoms with E-state index in [9.17, 15) is 13.2 Å². The number of ether oxygens (including phenoxy) is 1. The first-order valence-corrected chi connectivity index (χ1v) is 12.8. The molecule has 0 bridgehead atoms. The molecule has 1 aliphatic heterocycles. The maximum atomic E-state index is 13.6. The highest BCUT2D eigenvalue weighted by Gasteiger charge is 2.31. The first-order valence-electron chi connectivity index (χ1n) is 11.0. The Morgan fingerprint density at radius 1 is 0.879 bits per heavy atom. The van der Waals surface area contributed by atoms with Gasteiger partial charge < -0.3 is 9.64 Å². The summed E-state index contributed by atoms with van der Waals surface area (Å²) in [7, 11) is -3.39. The van der Waals surface area contributed by atoms with E-state index >= 15 is 0 Å². The third kappa shape index (κ3) is 5.80. The average Bonchev–Trinajstić information content (AvgIpc) is 3.07. The van der Waals surface area contributed by atoms with Crippen molar-refractivity contribution in [2.75, 3.05) is 39.0 Å². The second kappa shape index (κ2) is 10.2. The van der Waals surface area contributed by atoms with Crippen LogP contribution in [0.15, 0.2) is 84.9 Å². The molecule has 172 valence electrons. The molecular formula is C26H28N2O4S. The molecule has 0 aromatic heterocycles. The van der Waals surface area contributed by atoms with Crippen LogP contribution >= 0.6 is 0 Å².